The summed E-state index contributed by atoms with van der Waals surface area (Å²) in [5.41, 5.74) is 0.558. The van der Waals surface area contributed by atoms with E-state index < -0.39 is 0 Å². The lowest BCUT2D eigenvalue weighted by Crippen LogP contribution is -2.31. The number of hydrogen-bond acceptors (Lipinski definition) is 5. The van der Waals surface area contributed by atoms with Crippen molar-refractivity contribution < 1.29 is 4.79 Å². The molecule has 26 heavy (non-hydrogen) atoms. The molecule has 0 fully saturated rings. The third-order valence-electron chi connectivity index (χ3n) is 3.98. The molecular weight excluding hydrogens is 434 g/mol. The molecule has 0 N–H and O–H groups in total. The summed E-state index contributed by atoms with van der Waals surface area (Å²) >= 11 is 6.37. The molecule has 2 aromatic heterocycles. The number of rotatable bonds is 6. The Balaban J connectivity index is 1.73. The third-order valence-corrected chi connectivity index (χ3v) is 6.60. The van der Waals surface area contributed by atoms with Gasteiger partial charge < -0.3 is 4.90 Å². The molecule has 8 heteroatoms. The van der Waals surface area contributed by atoms with Crippen LogP contribution in [0, 0.1) is 0 Å². The van der Waals surface area contributed by atoms with Crippen LogP contribution in [0.3, 0.4) is 0 Å². The van der Waals surface area contributed by atoms with E-state index in [9.17, 15) is 9.59 Å². The van der Waals surface area contributed by atoms with Crippen LogP contribution in [0.15, 0.2) is 50.1 Å². The Morgan fingerprint density at radius 3 is 2.77 bits per heavy atom. The normalized spacial score (nSPS) is 11.0. The van der Waals surface area contributed by atoms with Crippen molar-refractivity contribution in [3.05, 3.63) is 55.4 Å². The van der Waals surface area contributed by atoms with Gasteiger partial charge in [0.25, 0.3) is 5.56 Å². The second-order valence-corrected chi connectivity index (χ2v) is 9.17. The van der Waals surface area contributed by atoms with Crippen molar-refractivity contribution in [3.8, 4) is 0 Å². The number of halogens is 1. The summed E-state index contributed by atoms with van der Waals surface area (Å²) < 4.78 is 2.56. The number of para-hydroxylation sites is 1. The van der Waals surface area contributed by atoms with Crippen LogP contribution in [0.2, 0.25) is 0 Å². The van der Waals surface area contributed by atoms with Crippen LogP contribution in [0.25, 0.3) is 10.9 Å². The van der Waals surface area contributed by atoms with E-state index in [2.05, 4.69) is 20.9 Å². The first-order valence-electron chi connectivity index (χ1n) is 8.10. The molecule has 3 rings (SSSR count). The average molecular weight is 452 g/mol. The number of fused-ring (bicyclic) bond motifs is 1. The number of carbonyl (C=O) groups is 1. The Bertz CT molecular complexity index is 1000. The van der Waals surface area contributed by atoms with Gasteiger partial charge in [0.1, 0.15) is 0 Å². The summed E-state index contributed by atoms with van der Waals surface area (Å²) in [6.45, 7) is 3.20. The van der Waals surface area contributed by atoms with E-state index >= 15 is 0 Å². The minimum atomic E-state index is -0.0960. The first-order chi connectivity index (χ1) is 12.5. The third kappa shape index (κ3) is 4.19. The molecule has 0 aliphatic carbocycles. The molecule has 0 bridgehead atoms. The van der Waals surface area contributed by atoms with Gasteiger partial charge in [0.05, 0.1) is 27.0 Å². The fourth-order valence-electron chi connectivity index (χ4n) is 2.55. The summed E-state index contributed by atoms with van der Waals surface area (Å²) in [4.78, 5) is 32.5. The number of carbonyl (C=O) groups excluding carboxylic acids is 1. The predicted molar refractivity (Wildman–Crippen MR) is 111 cm³/mol. The van der Waals surface area contributed by atoms with Crippen molar-refractivity contribution >= 4 is 55.8 Å². The second-order valence-electron chi connectivity index (χ2n) is 5.68. The van der Waals surface area contributed by atoms with Crippen molar-refractivity contribution in [2.75, 3.05) is 12.3 Å². The predicted octanol–water partition coefficient (Wildman–Crippen LogP) is 3.90. The van der Waals surface area contributed by atoms with E-state index in [-0.39, 0.29) is 17.2 Å². The van der Waals surface area contributed by atoms with Gasteiger partial charge in [0.2, 0.25) is 5.91 Å². The SMILES string of the molecule is CCN(Cc1ccc(Br)s1)C(=O)CSc1nc2ccccc2c(=O)n1C. The van der Waals surface area contributed by atoms with Gasteiger partial charge in [-0.1, -0.05) is 23.9 Å². The highest BCUT2D eigenvalue weighted by Crippen LogP contribution is 2.24. The Hall–Kier alpha value is -1.64. The molecule has 0 radical (unpaired) electrons. The quantitative estimate of drug-likeness (QED) is 0.421. The molecule has 0 aliphatic heterocycles. The van der Waals surface area contributed by atoms with E-state index in [1.807, 2.05) is 42.2 Å². The molecule has 0 saturated carbocycles. The molecule has 0 saturated heterocycles. The minimum Gasteiger partial charge on any atom is -0.337 e. The van der Waals surface area contributed by atoms with Crippen LogP contribution >= 0.6 is 39.0 Å². The van der Waals surface area contributed by atoms with Crippen LogP contribution in [0.1, 0.15) is 11.8 Å². The number of thioether (sulfide) groups is 1. The Kier molecular flexibility index (Phi) is 6.16. The van der Waals surface area contributed by atoms with E-state index in [1.165, 1.54) is 16.3 Å². The lowest BCUT2D eigenvalue weighted by atomic mass is 10.2. The van der Waals surface area contributed by atoms with E-state index in [0.717, 1.165) is 8.66 Å². The summed E-state index contributed by atoms with van der Waals surface area (Å²) in [5, 5.41) is 1.14. The smallest absolute Gasteiger partial charge is 0.261 e. The number of hydrogen-bond donors (Lipinski definition) is 0. The van der Waals surface area contributed by atoms with Gasteiger partial charge in [-0.05, 0) is 47.1 Å². The van der Waals surface area contributed by atoms with Crippen molar-refractivity contribution in [2.24, 2.45) is 7.05 Å². The largest absolute Gasteiger partial charge is 0.337 e. The zero-order chi connectivity index (χ0) is 18.7. The molecule has 0 unspecified atom stereocenters. The van der Waals surface area contributed by atoms with Gasteiger partial charge in [0.15, 0.2) is 5.16 Å². The van der Waals surface area contributed by atoms with Crippen LogP contribution in [-0.2, 0) is 18.4 Å². The molecule has 136 valence electrons. The van der Waals surface area contributed by atoms with Crippen LogP contribution in [0.4, 0.5) is 0 Å². The maximum Gasteiger partial charge on any atom is 0.261 e. The maximum absolute atomic E-state index is 12.6. The summed E-state index contributed by atoms with van der Waals surface area (Å²) in [6.07, 6.45) is 0. The van der Waals surface area contributed by atoms with Gasteiger partial charge >= 0.3 is 0 Å². The zero-order valence-corrected chi connectivity index (χ0v) is 17.7. The molecule has 3 aromatic rings. The lowest BCUT2D eigenvalue weighted by molar-refractivity contribution is -0.128. The van der Waals surface area contributed by atoms with E-state index in [4.69, 9.17) is 0 Å². The number of aromatic nitrogens is 2. The first-order valence-corrected chi connectivity index (χ1v) is 10.7. The molecule has 2 heterocycles. The highest BCUT2D eigenvalue weighted by molar-refractivity contribution is 9.11. The molecule has 0 atom stereocenters. The fourth-order valence-corrected chi connectivity index (χ4v) is 4.92. The van der Waals surface area contributed by atoms with E-state index in [0.29, 0.717) is 29.1 Å². The summed E-state index contributed by atoms with van der Waals surface area (Å²) in [6, 6.07) is 11.3. The van der Waals surface area contributed by atoms with Crippen molar-refractivity contribution in [1.29, 1.82) is 0 Å². The van der Waals surface area contributed by atoms with Gasteiger partial charge in [0, 0.05) is 18.5 Å². The summed E-state index contributed by atoms with van der Waals surface area (Å²) in [7, 11) is 1.69. The average Bonchev–Trinajstić information content (AvgIpc) is 3.06. The van der Waals surface area contributed by atoms with Gasteiger partial charge in [-0.3, -0.25) is 14.2 Å². The standard InChI is InChI=1S/C18H18BrN3O2S2/c1-3-22(10-12-8-9-15(19)26-12)16(23)11-25-18-20-14-7-5-4-6-13(14)17(24)21(18)2/h4-9H,3,10-11H2,1-2H3. The van der Waals surface area contributed by atoms with Crippen molar-refractivity contribution in [3.63, 3.8) is 0 Å². The van der Waals surface area contributed by atoms with E-state index in [1.54, 1.807) is 24.5 Å². The number of nitrogens with zero attached hydrogens (tertiary/aromatic N) is 3. The highest BCUT2D eigenvalue weighted by atomic mass is 79.9. The maximum atomic E-state index is 12.6. The second kappa shape index (κ2) is 8.37. The van der Waals surface area contributed by atoms with Crippen molar-refractivity contribution in [1.82, 2.24) is 14.5 Å². The van der Waals surface area contributed by atoms with Gasteiger partial charge in [-0.15, -0.1) is 11.3 Å². The Morgan fingerprint density at radius 1 is 1.31 bits per heavy atom. The van der Waals surface area contributed by atoms with Crippen LogP contribution in [0.5, 0.6) is 0 Å². The molecule has 0 spiro atoms. The molecule has 1 aromatic carbocycles. The molecule has 1 amide bonds. The molecular formula is C18H18BrN3O2S2. The number of amides is 1. The summed E-state index contributed by atoms with van der Waals surface area (Å²) in [5.74, 6) is 0.281. The van der Waals surface area contributed by atoms with Crippen molar-refractivity contribution in [2.45, 2.75) is 18.6 Å². The number of thiophene rings is 1. The van der Waals surface area contributed by atoms with Gasteiger partial charge in [-0.2, -0.15) is 0 Å². The monoisotopic (exact) mass is 451 g/mol. The lowest BCUT2D eigenvalue weighted by Gasteiger charge is -2.20. The first kappa shape index (κ1) is 19.1. The van der Waals surface area contributed by atoms with Crippen LogP contribution in [-0.4, -0.2) is 32.7 Å². The Labute approximate surface area is 168 Å². The number of benzene rings is 1. The topological polar surface area (TPSA) is 55.2 Å². The zero-order valence-electron chi connectivity index (χ0n) is 14.4. The fraction of sp³-hybridized carbons (Fsp3) is 0.278. The minimum absolute atomic E-state index is 0.0319. The molecule has 5 nitrogen and oxygen atoms in total. The van der Waals surface area contributed by atoms with Crippen LogP contribution < -0.4 is 5.56 Å². The Morgan fingerprint density at radius 2 is 2.08 bits per heavy atom. The van der Waals surface area contributed by atoms with Gasteiger partial charge in [-0.25, -0.2) is 4.98 Å². The highest BCUT2D eigenvalue weighted by Gasteiger charge is 2.16. The molecule has 0 aliphatic rings.